The Balaban J connectivity index is 0.00000312. The molecule has 4 atom stereocenters. The lowest BCUT2D eigenvalue weighted by molar-refractivity contribution is -0.415. The van der Waals surface area contributed by atoms with E-state index >= 15 is 0 Å². The number of ether oxygens (including phenoxy) is 3. The maximum absolute atomic E-state index is 12.1. The van der Waals surface area contributed by atoms with Gasteiger partial charge < -0.3 is 32.4 Å². The van der Waals surface area contributed by atoms with Crippen molar-refractivity contribution in [3.8, 4) is 0 Å². The molecule has 5 nitrogen and oxygen atoms in total. The quantitative estimate of drug-likeness (QED) is 0.637. The van der Waals surface area contributed by atoms with Crippen molar-refractivity contribution in [2.45, 2.75) is 45.4 Å². The molecule has 0 aromatic heterocycles. The Morgan fingerprint density at radius 2 is 1.92 bits per heavy atom. The summed E-state index contributed by atoms with van der Waals surface area (Å²) in [5, 5.41) is 0. The Labute approximate surface area is 156 Å². The van der Waals surface area contributed by atoms with E-state index in [1.54, 1.807) is 0 Å². The Kier molecular flexibility index (Phi) is 9.43. The molecule has 25 heavy (non-hydrogen) atoms. The molecule has 6 heteroatoms. The van der Waals surface area contributed by atoms with Crippen molar-refractivity contribution in [2.24, 2.45) is 11.8 Å². The molecule has 142 valence electrons. The van der Waals surface area contributed by atoms with Gasteiger partial charge in [-0.15, -0.1) is 0 Å². The number of esters is 1. The molecule has 0 unspecified atom stereocenters. The Morgan fingerprint density at radius 3 is 2.56 bits per heavy atom. The van der Waals surface area contributed by atoms with Crippen molar-refractivity contribution in [3.63, 3.8) is 0 Å². The fourth-order valence-electron chi connectivity index (χ4n) is 2.92. The fraction of sp³-hybridized carbons (Fsp3) is 0.632. The number of hydrogen-bond acceptors (Lipinski definition) is 4. The second kappa shape index (κ2) is 10.8. The maximum atomic E-state index is 12.1. The van der Waals surface area contributed by atoms with Crippen LogP contribution in [0.5, 0.6) is 0 Å². The van der Waals surface area contributed by atoms with Gasteiger partial charge in [0, 0.05) is 12.5 Å². The number of rotatable bonds is 5. The smallest absolute Gasteiger partial charge is 0.367 e. The van der Waals surface area contributed by atoms with Crippen LogP contribution in [-0.2, 0) is 25.4 Å². The van der Waals surface area contributed by atoms with Crippen LogP contribution in [0.25, 0.3) is 0 Å². The predicted molar refractivity (Wildman–Crippen MR) is 91.3 cm³/mol. The van der Waals surface area contributed by atoms with Gasteiger partial charge in [-0.1, -0.05) is 44.2 Å². The molecule has 0 radical (unpaired) electrons. The van der Waals surface area contributed by atoms with Crippen LogP contribution in [0.4, 0.5) is 0 Å². The standard InChI is InChI=1S/C19H29NO4.ClH/c1-13(2)10-23-18-14(3)24-19(21)17(20)12-22-11-16(18)9-15-7-5-4-6-8-15;/h4-8,13-14,16-18H,9-12,20H2,1-3H3;1H/t14-,16-,17-,18-;/m0./s1. The van der Waals surface area contributed by atoms with Crippen molar-refractivity contribution in [1.29, 1.82) is 0 Å². The monoisotopic (exact) mass is 371 g/mol. The Hall–Kier alpha value is -1.14. The Bertz CT molecular complexity index is 511. The molecule has 1 aromatic rings. The van der Waals surface area contributed by atoms with E-state index in [2.05, 4.69) is 31.7 Å². The van der Waals surface area contributed by atoms with Crippen molar-refractivity contribution < 1.29 is 37.1 Å². The minimum Gasteiger partial charge on any atom is -1.00 e. The SMILES string of the molecule is CC(C)CO[C@@H]1[C@@H](Cc2ccccc2)COC[C@H]([NH3+])C(=O)O[C@H]1C.[Cl-]. The van der Waals surface area contributed by atoms with Crippen LogP contribution in [0, 0.1) is 11.8 Å². The molecular formula is C19H30ClNO4. The molecule has 2 rings (SSSR count). The lowest BCUT2D eigenvalue weighted by Crippen LogP contribution is -3.00. The van der Waals surface area contributed by atoms with Gasteiger partial charge in [0.05, 0.1) is 12.7 Å². The molecular weight excluding hydrogens is 342 g/mol. The van der Waals surface area contributed by atoms with Crippen LogP contribution in [0.1, 0.15) is 26.3 Å². The van der Waals surface area contributed by atoms with E-state index in [1.165, 1.54) is 5.56 Å². The molecule has 1 saturated heterocycles. The highest BCUT2D eigenvalue weighted by Crippen LogP contribution is 2.22. The summed E-state index contributed by atoms with van der Waals surface area (Å²) in [4.78, 5) is 12.1. The zero-order chi connectivity index (χ0) is 17.5. The van der Waals surface area contributed by atoms with Gasteiger partial charge in [-0.2, -0.15) is 0 Å². The second-order valence-electron chi connectivity index (χ2n) is 7.02. The average molecular weight is 372 g/mol. The normalized spacial score (nSPS) is 27.6. The number of benzene rings is 1. The lowest BCUT2D eigenvalue weighted by atomic mass is 9.91. The van der Waals surface area contributed by atoms with E-state index in [0.29, 0.717) is 19.1 Å². The number of cyclic esters (lactones) is 1. The number of halogens is 1. The van der Waals surface area contributed by atoms with Crippen LogP contribution < -0.4 is 18.1 Å². The first kappa shape index (κ1) is 21.9. The summed E-state index contributed by atoms with van der Waals surface area (Å²) in [6.07, 6.45) is 0.311. The highest BCUT2D eigenvalue weighted by molar-refractivity contribution is 5.74. The number of carbonyl (C=O) groups excluding carboxylic acids is 1. The number of hydrogen-bond donors (Lipinski definition) is 1. The van der Waals surface area contributed by atoms with Crippen LogP contribution in [-0.4, -0.2) is 44.0 Å². The maximum Gasteiger partial charge on any atom is 0.367 e. The number of quaternary nitrogens is 1. The van der Waals surface area contributed by atoms with Gasteiger partial charge in [0.25, 0.3) is 0 Å². The summed E-state index contributed by atoms with van der Waals surface area (Å²) in [6, 6.07) is 9.79. The van der Waals surface area contributed by atoms with E-state index < -0.39 is 6.04 Å². The van der Waals surface area contributed by atoms with E-state index in [9.17, 15) is 4.79 Å². The summed E-state index contributed by atoms with van der Waals surface area (Å²) in [7, 11) is 0. The van der Waals surface area contributed by atoms with Gasteiger partial charge in [-0.3, -0.25) is 0 Å². The summed E-state index contributed by atoms with van der Waals surface area (Å²) in [5.41, 5.74) is 5.05. The molecule has 1 aliphatic rings. The van der Waals surface area contributed by atoms with Crippen molar-refractivity contribution in [3.05, 3.63) is 35.9 Å². The minimum absolute atomic E-state index is 0. The van der Waals surface area contributed by atoms with Crippen LogP contribution in [0.15, 0.2) is 30.3 Å². The molecule has 3 N–H and O–H groups in total. The van der Waals surface area contributed by atoms with Crippen molar-refractivity contribution >= 4 is 5.97 Å². The summed E-state index contributed by atoms with van der Waals surface area (Å²) in [5.74, 6) is 0.222. The van der Waals surface area contributed by atoms with Gasteiger partial charge in [0.1, 0.15) is 12.7 Å². The average Bonchev–Trinajstić information content (AvgIpc) is 2.58. The summed E-state index contributed by atoms with van der Waals surface area (Å²) >= 11 is 0. The zero-order valence-electron chi connectivity index (χ0n) is 15.3. The first-order chi connectivity index (χ1) is 11.5. The van der Waals surface area contributed by atoms with Gasteiger partial charge >= 0.3 is 5.97 Å². The van der Waals surface area contributed by atoms with Crippen molar-refractivity contribution in [2.75, 3.05) is 19.8 Å². The topological polar surface area (TPSA) is 72.4 Å². The van der Waals surface area contributed by atoms with Gasteiger partial charge in [0.15, 0.2) is 0 Å². The molecule has 1 aromatic carbocycles. The van der Waals surface area contributed by atoms with E-state index in [4.69, 9.17) is 14.2 Å². The molecule has 0 aliphatic carbocycles. The highest BCUT2D eigenvalue weighted by Gasteiger charge is 2.35. The van der Waals surface area contributed by atoms with Crippen LogP contribution in [0.3, 0.4) is 0 Å². The third-order valence-corrected chi connectivity index (χ3v) is 4.18. The van der Waals surface area contributed by atoms with Crippen LogP contribution >= 0.6 is 0 Å². The van der Waals surface area contributed by atoms with Crippen LogP contribution in [0.2, 0.25) is 0 Å². The summed E-state index contributed by atoms with van der Waals surface area (Å²) in [6.45, 7) is 7.57. The first-order valence-corrected chi connectivity index (χ1v) is 8.74. The molecule has 0 bridgehead atoms. The fourth-order valence-corrected chi connectivity index (χ4v) is 2.92. The predicted octanol–water partition coefficient (Wildman–Crippen LogP) is -1.54. The second-order valence-corrected chi connectivity index (χ2v) is 7.02. The lowest BCUT2D eigenvalue weighted by Gasteiger charge is -2.31. The number of carbonyl (C=O) groups is 1. The minimum atomic E-state index is -0.492. The van der Waals surface area contributed by atoms with Gasteiger partial charge in [0.2, 0.25) is 6.04 Å². The molecule has 1 fully saturated rings. The van der Waals surface area contributed by atoms with Gasteiger partial charge in [-0.25, -0.2) is 4.79 Å². The molecule has 1 aliphatic heterocycles. The van der Waals surface area contributed by atoms with E-state index in [1.807, 2.05) is 25.1 Å². The summed E-state index contributed by atoms with van der Waals surface area (Å²) < 4.78 is 17.5. The zero-order valence-corrected chi connectivity index (χ0v) is 16.1. The first-order valence-electron chi connectivity index (χ1n) is 8.74. The van der Waals surface area contributed by atoms with Gasteiger partial charge in [-0.05, 0) is 24.8 Å². The molecule has 0 spiro atoms. The third-order valence-electron chi connectivity index (χ3n) is 4.18. The third kappa shape index (κ3) is 6.94. The Morgan fingerprint density at radius 1 is 1.24 bits per heavy atom. The molecule has 1 heterocycles. The van der Waals surface area contributed by atoms with E-state index in [0.717, 1.165) is 6.42 Å². The molecule has 0 amide bonds. The van der Waals surface area contributed by atoms with E-state index in [-0.39, 0.29) is 43.1 Å². The molecule has 0 saturated carbocycles. The highest BCUT2D eigenvalue weighted by atomic mass is 35.5. The largest absolute Gasteiger partial charge is 1.00 e. The van der Waals surface area contributed by atoms with Crippen molar-refractivity contribution in [1.82, 2.24) is 0 Å².